The van der Waals surface area contributed by atoms with Crippen molar-refractivity contribution in [1.29, 1.82) is 5.26 Å². The summed E-state index contributed by atoms with van der Waals surface area (Å²) >= 11 is 1.35. The summed E-state index contributed by atoms with van der Waals surface area (Å²) in [6.45, 7) is 0.298. The average Bonchev–Trinajstić information content (AvgIpc) is 2.77. The van der Waals surface area contributed by atoms with Gasteiger partial charge >= 0.3 is 0 Å². The van der Waals surface area contributed by atoms with Crippen LogP contribution in [0.1, 0.15) is 21.5 Å². The van der Waals surface area contributed by atoms with Crippen molar-refractivity contribution in [2.24, 2.45) is 0 Å². The highest BCUT2D eigenvalue weighted by atomic mass is 32.2. The third-order valence-electron chi connectivity index (χ3n) is 4.10. The van der Waals surface area contributed by atoms with Gasteiger partial charge < -0.3 is 10.6 Å². The second kappa shape index (κ2) is 10.1. The van der Waals surface area contributed by atoms with Crippen LogP contribution in [0.3, 0.4) is 0 Å². The minimum atomic E-state index is -0.336. The SMILES string of the molecule is N#Cc1ccccc1Sc1ccccc1C(=O)NCC(=O)NCc1ccccc1. The molecule has 0 fully saturated rings. The highest BCUT2D eigenvalue weighted by Gasteiger charge is 2.14. The minimum Gasteiger partial charge on any atom is -0.350 e. The Labute approximate surface area is 173 Å². The van der Waals surface area contributed by atoms with Gasteiger partial charge in [0, 0.05) is 16.3 Å². The van der Waals surface area contributed by atoms with Crippen LogP contribution in [0.5, 0.6) is 0 Å². The molecule has 2 amide bonds. The topological polar surface area (TPSA) is 82.0 Å². The lowest BCUT2D eigenvalue weighted by atomic mass is 10.2. The van der Waals surface area contributed by atoms with E-state index >= 15 is 0 Å². The van der Waals surface area contributed by atoms with Gasteiger partial charge in [-0.05, 0) is 29.8 Å². The molecule has 0 radical (unpaired) electrons. The number of amides is 2. The lowest BCUT2D eigenvalue weighted by Crippen LogP contribution is -2.36. The van der Waals surface area contributed by atoms with Crippen molar-refractivity contribution in [3.63, 3.8) is 0 Å². The number of nitrogens with one attached hydrogen (secondary N) is 2. The van der Waals surface area contributed by atoms with Gasteiger partial charge in [-0.15, -0.1) is 0 Å². The zero-order chi connectivity index (χ0) is 20.5. The van der Waals surface area contributed by atoms with Gasteiger partial charge in [0.25, 0.3) is 5.91 Å². The number of carbonyl (C=O) groups is 2. The summed E-state index contributed by atoms with van der Waals surface area (Å²) in [5.41, 5.74) is 2.00. The Morgan fingerprint density at radius 1 is 0.828 bits per heavy atom. The van der Waals surface area contributed by atoms with Crippen molar-refractivity contribution in [3.05, 3.63) is 95.6 Å². The summed E-state index contributed by atoms with van der Waals surface area (Å²) in [5, 5.41) is 14.7. The van der Waals surface area contributed by atoms with Gasteiger partial charge in [0.2, 0.25) is 5.91 Å². The van der Waals surface area contributed by atoms with E-state index in [0.717, 1.165) is 15.4 Å². The standard InChI is InChI=1S/C23H19N3O2S/c24-14-18-10-4-6-12-20(18)29-21-13-7-5-11-19(21)23(28)26-16-22(27)25-15-17-8-2-1-3-9-17/h1-13H,15-16H2,(H,25,27)(H,26,28). The Kier molecular flexibility index (Phi) is 7.04. The first-order valence-electron chi connectivity index (χ1n) is 9.02. The van der Waals surface area contributed by atoms with Gasteiger partial charge in [0.05, 0.1) is 17.7 Å². The van der Waals surface area contributed by atoms with Crippen LogP contribution in [0.4, 0.5) is 0 Å². The molecule has 0 heterocycles. The predicted octanol–water partition coefficient (Wildman–Crippen LogP) is 3.76. The molecule has 0 atom stereocenters. The van der Waals surface area contributed by atoms with Gasteiger partial charge in [0.15, 0.2) is 0 Å². The summed E-state index contributed by atoms with van der Waals surface area (Å²) in [4.78, 5) is 26.2. The summed E-state index contributed by atoms with van der Waals surface area (Å²) in [5.74, 6) is -0.598. The first-order chi connectivity index (χ1) is 14.2. The van der Waals surface area contributed by atoms with E-state index in [1.54, 1.807) is 24.3 Å². The Morgan fingerprint density at radius 3 is 2.24 bits per heavy atom. The van der Waals surface area contributed by atoms with Crippen molar-refractivity contribution < 1.29 is 9.59 Å². The van der Waals surface area contributed by atoms with Gasteiger partial charge in [-0.1, -0.05) is 66.4 Å². The monoisotopic (exact) mass is 401 g/mol. The first kappa shape index (κ1) is 20.2. The van der Waals surface area contributed by atoms with E-state index in [9.17, 15) is 14.9 Å². The van der Waals surface area contributed by atoms with Crippen LogP contribution in [0.2, 0.25) is 0 Å². The number of carbonyl (C=O) groups excluding carboxylic acids is 2. The lowest BCUT2D eigenvalue weighted by molar-refractivity contribution is -0.120. The van der Waals surface area contributed by atoms with Crippen molar-refractivity contribution in [2.75, 3.05) is 6.54 Å². The van der Waals surface area contributed by atoms with Crippen LogP contribution in [-0.4, -0.2) is 18.4 Å². The molecule has 0 aliphatic carbocycles. The van der Waals surface area contributed by atoms with E-state index in [1.807, 2.05) is 54.6 Å². The molecule has 3 aromatic carbocycles. The maximum atomic E-state index is 12.6. The molecule has 0 aromatic heterocycles. The smallest absolute Gasteiger partial charge is 0.252 e. The Bertz CT molecular complexity index is 1050. The molecule has 29 heavy (non-hydrogen) atoms. The van der Waals surface area contributed by atoms with E-state index in [4.69, 9.17) is 0 Å². The van der Waals surface area contributed by atoms with E-state index in [-0.39, 0.29) is 18.4 Å². The van der Waals surface area contributed by atoms with Crippen LogP contribution in [0, 0.1) is 11.3 Å². The second-order valence-corrected chi connectivity index (χ2v) is 7.23. The lowest BCUT2D eigenvalue weighted by Gasteiger charge is -2.11. The van der Waals surface area contributed by atoms with Gasteiger partial charge in [0.1, 0.15) is 6.07 Å². The summed E-state index contributed by atoms with van der Waals surface area (Å²) < 4.78 is 0. The van der Waals surface area contributed by atoms with E-state index in [0.29, 0.717) is 17.7 Å². The molecule has 0 saturated carbocycles. The minimum absolute atomic E-state index is 0.112. The molecule has 0 saturated heterocycles. The highest BCUT2D eigenvalue weighted by molar-refractivity contribution is 7.99. The Morgan fingerprint density at radius 2 is 1.48 bits per heavy atom. The molecule has 3 aromatic rings. The van der Waals surface area contributed by atoms with Gasteiger partial charge in [-0.25, -0.2) is 0 Å². The fraction of sp³-hybridized carbons (Fsp3) is 0.0870. The largest absolute Gasteiger partial charge is 0.350 e. The van der Waals surface area contributed by atoms with Crippen LogP contribution in [0.15, 0.2) is 88.7 Å². The van der Waals surface area contributed by atoms with Crippen LogP contribution < -0.4 is 10.6 Å². The van der Waals surface area contributed by atoms with Crippen LogP contribution in [0.25, 0.3) is 0 Å². The van der Waals surface area contributed by atoms with Crippen molar-refractivity contribution in [2.45, 2.75) is 16.3 Å². The molecule has 6 heteroatoms. The first-order valence-corrected chi connectivity index (χ1v) is 9.84. The van der Waals surface area contributed by atoms with Crippen molar-refractivity contribution >= 4 is 23.6 Å². The number of nitriles is 1. The Balaban J connectivity index is 1.61. The average molecular weight is 401 g/mol. The molecular formula is C23H19N3O2S. The summed E-state index contributed by atoms with van der Waals surface area (Å²) in [6, 6.07) is 26.1. The molecule has 3 rings (SSSR count). The van der Waals surface area contributed by atoms with Crippen molar-refractivity contribution in [3.8, 4) is 6.07 Å². The molecule has 0 unspecified atom stereocenters. The van der Waals surface area contributed by atoms with Gasteiger partial charge in [-0.3, -0.25) is 9.59 Å². The molecule has 144 valence electrons. The van der Waals surface area contributed by atoms with E-state index in [1.165, 1.54) is 11.8 Å². The Hall–Kier alpha value is -3.56. The molecular weight excluding hydrogens is 382 g/mol. The molecule has 2 N–H and O–H groups in total. The van der Waals surface area contributed by atoms with E-state index in [2.05, 4.69) is 16.7 Å². The third kappa shape index (κ3) is 5.71. The maximum absolute atomic E-state index is 12.6. The number of hydrogen-bond acceptors (Lipinski definition) is 4. The third-order valence-corrected chi connectivity index (χ3v) is 5.25. The maximum Gasteiger partial charge on any atom is 0.252 e. The predicted molar refractivity (Wildman–Crippen MR) is 112 cm³/mol. The van der Waals surface area contributed by atoms with Crippen LogP contribution in [-0.2, 0) is 11.3 Å². The molecule has 0 aliphatic rings. The highest BCUT2D eigenvalue weighted by Crippen LogP contribution is 2.32. The summed E-state index contributed by atoms with van der Waals surface area (Å²) in [6.07, 6.45) is 0. The molecule has 0 bridgehead atoms. The second-order valence-electron chi connectivity index (χ2n) is 6.15. The molecule has 0 spiro atoms. The van der Waals surface area contributed by atoms with Crippen LogP contribution >= 0.6 is 11.8 Å². The van der Waals surface area contributed by atoms with Crippen molar-refractivity contribution in [1.82, 2.24) is 10.6 Å². The number of benzene rings is 3. The molecule has 0 aliphatic heterocycles. The number of rotatable bonds is 7. The quantitative estimate of drug-likeness (QED) is 0.632. The number of nitrogens with zero attached hydrogens (tertiary/aromatic N) is 1. The zero-order valence-electron chi connectivity index (χ0n) is 15.6. The fourth-order valence-corrected chi connectivity index (χ4v) is 3.65. The summed E-state index contributed by atoms with van der Waals surface area (Å²) in [7, 11) is 0. The number of hydrogen-bond donors (Lipinski definition) is 2. The van der Waals surface area contributed by atoms with E-state index < -0.39 is 0 Å². The normalized spacial score (nSPS) is 10.0. The zero-order valence-corrected chi connectivity index (χ0v) is 16.4. The molecule has 5 nitrogen and oxygen atoms in total. The fourth-order valence-electron chi connectivity index (χ4n) is 2.62. The van der Waals surface area contributed by atoms with Gasteiger partial charge in [-0.2, -0.15) is 5.26 Å².